The highest BCUT2D eigenvalue weighted by molar-refractivity contribution is 6.31. The molecule has 0 fully saturated rings. The van der Waals surface area contributed by atoms with Crippen LogP contribution in [0.15, 0.2) is 0 Å². The van der Waals surface area contributed by atoms with E-state index in [4.69, 9.17) is 17.4 Å². The van der Waals surface area contributed by atoms with E-state index in [-0.39, 0.29) is 0 Å². The third-order valence-corrected chi connectivity index (χ3v) is 1.86. The van der Waals surface area contributed by atoms with Gasteiger partial charge in [-0.25, -0.2) is 15.8 Å². The maximum Gasteiger partial charge on any atom is 0.178 e. The molecule has 0 bridgehead atoms. The van der Waals surface area contributed by atoms with Crippen molar-refractivity contribution in [3.8, 4) is 0 Å². The first kappa shape index (κ1) is 9.22. The van der Waals surface area contributed by atoms with E-state index in [0.717, 1.165) is 17.8 Å². The lowest BCUT2D eigenvalue weighted by atomic mass is 10.3. The number of aryl methyl sites for hydroxylation is 2. The smallest absolute Gasteiger partial charge is 0.178 e. The van der Waals surface area contributed by atoms with Gasteiger partial charge < -0.3 is 5.43 Å². The van der Waals surface area contributed by atoms with Crippen LogP contribution in [-0.2, 0) is 6.42 Å². The van der Waals surface area contributed by atoms with Crippen molar-refractivity contribution >= 4 is 17.4 Å². The Labute approximate surface area is 76.1 Å². The van der Waals surface area contributed by atoms with Crippen LogP contribution >= 0.6 is 11.6 Å². The van der Waals surface area contributed by atoms with Gasteiger partial charge in [-0.1, -0.05) is 18.5 Å². The summed E-state index contributed by atoms with van der Waals surface area (Å²) in [6.45, 7) is 3.88. The summed E-state index contributed by atoms with van der Waals surface area (Å²) in [4.78, 5) is 8.25. The predicted octanol–water partition coefficient (Wildman–Crippen LogP) is 1.29. The normalized spacial score (nSPS) is 10.0. The van der Waals surface area contributed by atoms with Gasteiger partial charge in [0.2, 0.25) is 0 Å². The Balaban J connectivity index is 3.18. The molecule has 0 radical (unpaired) electrons. The van der Waals surface area contributed by atoms with Crippen molar-refractivity contribution in [3.63, 3.8) is 0 Å². The number of nitrogen functional groups attached to an aromatic ring is 1. The van der Waals surface area contributed by atoms with Gasteiger partial charge in [-0.15, -0.1) is 0 Å². The summed E-state index contributed by atoms with van der Waals surface area (Å²) in [6, 6.07) is 0. The van der Waals surface area contributed by atoms with Gasteiger partial charge in [-0.2, -0.15) is 0 Å². The van der Waals surface area contributed by atoms with E-state index in [0.29, 0.717) is 11.0 Å². The lowest BCUT2D eigenvalue weighted by molar-refractivity contribution is 0.955. The van der Waals surface area contributed by atoms with Crippen molar-refractivity contribution in [1.82, 2.24) is 9.97 Å². The molecule has 1 heterocycles. The van der Waals surface area contributed by atoms with Crippen molar-refractivity contribution in [2.75, 3.05) is 5.43 Å². The Morgan fingerprint density at radius 3 is 2.67 bits per heavy atom. The van der Waals surface area contributed by atoms with Crippen LogP contribution in [0.3, 0.4) is 0 Å². The van der Waals surface area contributed by atoms with Crippen molar-refractivity contribution < 1.29 is 0 Å². The predicted molar refractivity (Wildman–Crippen MR) is 49.0 cm³/mol. The monoisotopic (exact) mass is 186 g/mol. The van der Waals surface area contributed by atoms with Gasteiger partial charge in [-0.3, -0.25) is 0 Å². The second-order valence-electron chi connectivity index (χ2n) is 2.39. The maximum absolute atomic E-state index is 5.74. The summed E-state index contributed by atoms with van der Waals surface area (Å²) < 4.78 is 0. The SMILES string of the molecule is CCc1nc(NN)c(Cl)nc1C. The first-order valence-corrected chi connectivity index (χ1v) is 4.06. The molecule has 0 aromatic carbocycles. The number of hydrogen-bond donors (Lipinski definition) is 2. The largest absolute Gasteiger partial charge is 0.306 e. The van der Waals surface area contributed by atoms with E-state index in [1.807, 2.05) is 13.8 Å². The zero-order chi connectivity index (χ0) is 9.14. The Morgan fingerprint density at radius 2 is 2.17 bits per heavy atom. The zero-order valence-electron chi connectivity index (χ0n) is 7.06. The fourth-order valence-electron chi connectivity index (χ4n) is 0.953. The summed E-state index contributed by atoms with van der Waals surface area (Å²) in [5, 5.41) is 0.312. The average Bonchev–Trinajstić information content (AvgIpc) is 2.05. The zero-order valence-corrected chi connectivity index (χ0v) is 7.81. The van der Waals surface area contributed by atoms with Crippen LogP contribution in [0.1, 0.15) is 18.3 Å². The molecule has 5 heteroatoms. The number of nitrogens with zero attached hydrogens (tertiary/aromatic N) is 2. The summed E-state index contributed by atoms with van der Waals surface area (Å²) in [6.07, 6.45) is 0.824. The minimum Gasteiger partial charge on any atom is -0.306 e. The molecule has 0 spiro atoms. The third kappa shape index (κ3) is 1.65. The van der Waals surface area contributed by atoms with Gasteiger partial charge in [0.1, 0.15) is 0 Å². The minimum atomic E-state index is 0.312. The summed E-state index contributed by atoms with van der Waals surface area (Å²) in [5.74, 6) is 5.62. The van der Waals surface area contributed by atoms with Crippen molar-refractivity contribution in [2.24, 2.45) is 5.84 Å². The highest BCUT2D eigenvalue weighted by Gasteiger charge is 2.06. The Kier molecular flexibility index (Phi) is 2.83. The number of anilines is 1. The van der Waals surface area contributed by atoms with Crippen molar-refractivity contribution in [2.45, 2.75) is 20.3 Å². The van der Waals surface area contributed by atoms with E-state index >= 15 is 0 Å². The first-order chi connectivity index (χ1) is 5.69. The van der Waals surface area contributed by atoms with E-state index in [1.165, 1.54) is 0 Å². The summed E-state index contributed by atoms with van der Waals surface area (Å²) >= 11 is 5.74. The maximum atomic E-state index is 5.74. The first-order valence-electron chi connectivity index (χ1n) is 3.68. The molecular weight excluding hydrogens is 176 g/mol. The number of hydrogen-bond acceptors (Lipinski definition) is 4. The molecule has 0 aliphatic heterocycles. The van der Waals surface area contributed by atoms with Crippen LogP contribution in [0.4, 0.5) is 5.82 Å². The van der Waals surface area contributed by atoms with E-state index in [1.54, 1.807) is 0 Å². The van der Waals surface area contributed by atoms with Crippen LogP contribution in [0.25, 0.3) is 0 Å². The topological polar surface area (TPSA) is 63.8 Å². The second-order valence-corrected chi connectivity index (χ2v) is 2.75. The number of halogens is 1. The van der Waals surface area contributed by atoms with Crippen LogP contribution in [0.5, 0.6) is 0 Å². The lowest BCUT2D eigenvalue weighted by Gasteiger charge is -2.06. The second kappa shape index (κ2) is 3.69. The third-order valence-electron chi connectivity index (χ3n) is 1.60. The number of aromatic nitrogens is 2. The van der Waals surface area contributed by atoms with E-state index in [9.17, 15) is 0 Å². The van der Waals surface area contributed by atoms with Crippen LogP contribution in [0.2, 0.25) is 5.15 Å². The van der Waals surface area contributed by atoms with Gasteiger partial charge in [0.15, 0.2) is 11.0 Å². The van der Waals surface area contributed by atoms with Gasteiger partial charge in [0, 0.05) is 0 Å². The average molecular weight is 187 g/mol. The molecular formula is C7H11ClN4. The van der Waals surface area contributed by atoms with Crippen molar-refractivity contribution in [3.05, 3.63) is 16.5 Å². The molecule has 0 aliphatic carbocycles. The number of nitrogens with two attached hydrogens (primary N) is 1. The molecule has 1 aromatic rings. The Bertz CT molecular complexity index is 262. The Morgan fingerprint density at radius 1 is 1.50 bits per heavy atom. The molecule has 0 saturated heterocycles. The van der Waals surface area contributed by atoms with Crippen molar-refractivity contribution in [1.29, 1.82) is 0 Å². The molecule has 66 valence electrons. The molecule has 0 amide bonds. The molecule has 1 aromatic heterocycles. The lowest BCUT2D eigenvalue weighted by Crippen LogP contribution is -2.11. The van der Waals surface area contributed by atoms with Crippen LogP contribution in [0, 0.1) is 6.92 Å². The Hall–Kier alpha value is -0.870. The molecule has 0 saturated carbocycles. The van der Waals surface area contributed by atoms with E-state index < -0.39 is 0 Å². The minimum absolute atomic E-state index is 0.312. The molecule has 12 heavy (non-hydrogen) atoms. The quantitative estimate of drug-likeness (QED) is 0.540. The number of nitrogens with one attached hydrogen (secondary N) is 1. The van der Waals surface area contributed by atoms with Crippen LogP contribution < -0.4 is 11.3 Å². The van der Waals surface area contributed by atoms with E-state index in [2.05, 4.69) is 15.4 Å². The number of rotatable bonds is 2. The standard InChI is InChI=1S/C7H11ClN4/c1-3-5-4(2)10-6(8)7(11-5)12-9/h3,9H2,1-2H3,(H,11,12). The fraction of sp³-hybridized carbons (Fsp3) is 0.429. The summed E-state index contributed by atoms with van der Waals surface area (Å²) in [5.41, 5.74) is 4.15. The summed E-state index contributed by atoms with van der Waals surface area (Å²) in [7, 11) is 0. The fourth-order valence-corrected chi connectivity index (χ4v) is 1.18. The highest BCUT2D eigenvalue weighted by atomic mass is 35.5. The van der Waals surface area contributed by atoms with Gasteiger partial charge in [0.25, 0.3) is 0 Å². The molecule has 3 N–H and O–H groups in total. The van der Waals surface area contributed by atoms with Gasteiger partial charge in [-0.05, 0) is 13.3 Å². The van der Waals surface area contributed by atoms with Gasteiger partial charge >= 0.3 is 0 Å². The molecule has 0 atom stereocenters. The van der Waals surface area contributed by atoms with Gasteiger partial charge in [0.05, 0.1) is 11.4 Å². The molecule has 4 nitrogen and oxygen atoms in total. The highest BCUT2D eigenvalue weighted by Crippen LogP contribution is 2.17. The molecule has 1 rings (SSSR count). The number of hydrazine groups is 1. The van der Waals surface area contributed by atoms with Crippen LogP contribution in [-0.4, -0.2) is 9.97 Å². The molecule has 0 aliphatic rings. The molecule has 0 unspecified atom stereocenters.